The fourth-order valence-corrected chi connectivity index (χ4v) is 3.74. The second-order valence-corrected chi connectivity index (χ2v) is 7.35. The van der Waals surface area contributed by atoms with Gasteiger partial charge < -0.3 is 0 Å². The molecule has 0 amide bonds. The maximum Gasteiger partial charge on any atom is 0.242 e. The number of hydrogen-bond donors (Lipinski definition) is 1. The molecule has 108 valence electrons. The third kappa shape index (κ3) is 3.72. The summed E-state index contributed by atoms with van der Waals surface area (Å²) >= 11 is 7.17. The number of aryl methyl sites for hydroxylation is 1. The Labute approximate surface area is 124 Å². The predicted molar refractivity (Wildman–Crippen MR) is 74.9 cm³/mol. The van der Waals surface area contributed by atoms with Gasteiger partial charge in [-0.25, -0.2) is 17.5 Å². The van der Waals surface area contributed by atoms with Crippen LogP contribution in [0.1, 0.15) is 10.0 Å². The van der Waals surface area contributed by atoms with Gasteiger partial charge in [0, 0.05) is 13.0 Å². The van der Waals surface area contributed by atoms with Crippen LogP contribution in [0.4, 0.5) is 4.39 Å². The van der Waals surface area contributed by atoms with E-state index in [4.69, 9.17) is 11.6 Å². The summed E-state index contributed by atoms with van der Waals surface area (Å²) in [5.74, 6) is -0.658. The van der Waals surface area contributed by atoms with Gasteiger partial charge in [0.15, 0.2) is 0 Å². The van der Waals surface area contributed by atoms with E-state index in [1.54, 1.807) is 0 Å². The number of halogens is 2. The lowest BCUT2D eigenvalue weighted by Gasteiger charge is -2.07. The summed E-state index contributed by atoms with van der Waals surface area (Å²) in [5, 5.41) is 9.25. The smallest absolute Gasteiger partial charge is 0.211 e. The lowest BCUT2D eigenvalue weighted by Crippen LogP contribution is -2.26. The molecule has 2 rings (SSSR count). The van der Waals surface area contributed by atoms with Gasteiger partial charge in [-0.3, -0.25) is 0 Å². The van der Waals surface area contributed by atoms with E-state index in [2.05, 4.69) is 14.9 Å². The van der Waals surface area contributed by atoms with Crippen molar-refractivity contribution < 1.29 is 12.8 Å². The van der Waals surface area contributed by atoms with Crippen molar-refractivity contribution in [1.82, 2.24) is 14.9 Å². The first-order chi connectivity index (χ1) is 9.38. The fourth-order valence-electron chi connectivity index (χ4n) is 1.49. The first-order valence-electron chi connectivity index (χ1n) is 5.62. The van der Waals surface area contributed by atoms with Crippen LogP contribution in [0.15, 0.2) is 23.1 Å². The van der Waals surface area contributed by atoms with Crippen LogP contribution >= 0.6 is 22.9 Å². The van der Waals surface area contributed by atoms with Crippen LogP contribution in [0, 0.1) is 12.7 Å². The first kappa shape index (κ1) is 15.3. The van der Waals surface area contributed by atoms with Gasteiger partial charge in [0.25, 0.3) is 0 Å². The molecule has 0 aliphatic heterocycles. The van der Waals surface area contributed by atoms with Crippen molar-refractivity contribution in [3.05, 3.63) is 39.1 Å². The van der Waals surface area contributed by atoms with Crippen molar-refractivity contribution in [3.8, 4) is 0 Å². The van der Waals surface area contributed by atoms with Gasteiger partial charge in [-0.1, -0.05) is 11.6 Å². The maximum absolute atomic E-state index is 13.1. The number of nitrogens with zero attached hydrogens (tertiary/aromatic N) is 2. The molecule has 2 aromatic rings. The molecule has 1 aromatic heterocycles. The minimum Gasteiger partial charge on any atom is -0.211 e. The number of nitrogens with one attached hydrogen (secondary N) is 1. The molecular weight excluding hydrogens is 325 g/mol. The van der Waals surface area contributed by atoms with Gasteiger partial charge in [-0.2, -0.15) is 0 Å². The minimum atomic E-state index is -3.84. The van der Waals surface area contributed by atoms with E-state index in [1.165, 1.54) is 17.4 Å². The summed E-state index contributed by atoms with van der Waals surface area (Å²) < 4.78 is 39.5. The van der Waals surface area contributed by atoms with E-state index in [0.29, 0.717) is 6.42 Å². The highest BCUT2D eigenvalue weighted by molar-refractivity contribution is 7.89. The van der Waals surface area contributed by atoms with Gasteiger partial charge in [-0.05, 0) is 25.1 Å². The van der Waals surface area contributed by atoms with Crippen LogP contribution in [0.3, 0.4) is 0 Å². The average molecular weight is 336 g/mol. The van der Waals surface area contributed by atoms with E-state index >= 15 is 0 Å². The van der Waals surface area contributed by atoms with Crippen molar-refractivity contribution in [2.45, 2.75) is 18.2 Å². The molecule has 1 heterocycles. The summed E-state index contributed by atoms with van der Waals surface area (Å²) in [7, 11) is -3.84. The largest absolute Gasteiger partial charge is 0.242 e. The standard InChI is InChI=1S/C11H11ClFN3O2S2/c1-7-15-16-11(19-7)4-5-14-20(17,18)10-6-8(13)2-3-9(10)12/h2-3,6,14H,4-5H2,1H3. The van der Waals surface area contributed by atoms with E-state index < -0.39 is 15.8 Å². The fraction of sp³-hybridized carbons (Fsp3) is 0.273. The summed E-state index contributed by atoms with van der Waals surface area (Å²) in [6.45, 7) is 1.96. The molecule has 0 aliphatic rings. The van der Waals surface area contributed by atoms with Crippen LogP contribution in [-0.2, 0) is 16.4 Å². The SMILES string of the molecule is Cc1nnc(CCNS(=O)(=O)c2cc(F)ccc2Cl)s1. The number of benzene rings is 1. The molecule has 1 aromatic carbocycles. The van der Waals surface area contributed by atoms with Crippen LogP contribution in [0.25, 0.3) is 0 Å². The topological polar surface area (TPSA) is 72.0 Å². The molecule has 0 atom stereocenters. The second kappa shape index (κ2) is 6.13. The third-order valence-electron chi connectivity index (χ3n) is 2.38. The molecule has 5 nitrogen and oxygen atoms in total. The number of sulfonamides is 1. The third-order valence-corrected chi connectivity index (χ3v) is 5.22. The van der Waals surface area contributed by atoms with Crippen LogP contribution < -0.4 is 4.72 Å². The van der Waals surface area contributed by atoms with Gasteiger partial charge in [0.1, 0.15) is 20.7 Å². The van der Waals surface area contributed by atoms with E-state index in [0.717, 1.165) is 22.1 Å². The summed E-state index contributed by atoms with van der Waals surface area (Å²) in [6, 6.07) is 3.20. The molecule has 0 radical (unpaired) electrons. The Morgan fingerprint density at radius 2 is 2.15 bits per heavy atom. The van der Waals surface area contributed by atoms with Crippen LogP contribution in [-0.4, -0.2) is 25.2 Å². The van der Waals surface area contributed by atoms with Gasteiger partial charge >= 0.3 is 0 Å². The average Bonchev–Trinajstić information content (AvgIpc) is 2.78. The Balaban J connectivity index is 2.06. The molecule has 1 N–H and O–H groups in total. The first-order valence-corrected chi connectivity index (χ1v) is 8.30. The quantitative estimate of drug-likeness (QED) is 0.908. The van der Waals surface area contributed by atoms with Gasteiger partial charge in [0.2, 0.25) is 10.0 Å². The zero-order valence-electron chi connectivity index (χ0n) is 10.4. The molecule has 9 heteroatoms. The highest BCUT2D eigenvalue weighted by atomic mass is 35.5. The van der Waals surface area contributed by atoms with Crippen molar-refractivity contribution in [3.63, 3.8) is 0 Å². The second-order valence-electron chi connectivity index (χ2n) is 3.94. The Kier molecular flexibility index (Phi) is 4.69. The Hall–Kier alpha value is -1.09. The van der Waals surface area contributed by atoms with Crippen LogP contribution in [0.5, 0.6) is 0 Å². The van der Waals surface area contributed by atoms with Crippen molar-refractivity contribution >= 4 is 33.0 Å². The highest BCUT2D eigenvalue weighted by Gasteiger charge is 2.18. The van der Waals surface area contributed by atoms with E-state index in [1.807, 2.05) is 6.92 Å². The van der Waals surface area contributed by atoms with Crippen molar-refractivity contribution in [1.29, 1.82) is 0 Å². The number of rotatable bonds is 5. The number of aromatic nitrogens is 2. The Morgan fingerprint density at radius 3 is 2.80 bits per heavy atom. The Morgan fingerprint density at radius 1 is 1.40 bits per heavy atom. The van der Waals surface area contributed by atoms with Crippen molar-refractivity contribution in [2.75, 3.05) is 6.54 Å². The lowest BCUT2D eigenvalue weighted by atomic mass is 10.3. The number of hydrogen-bond acceptors (Lipinski definition) is 5. The highest BCUT2D eigenvalue weighted by Crippen LogP contribution is 2.21. The zero-order valence-corrected chi connectivity index (χ0v) is 12.8. The zero-order chi connectivity index (χ0) is 14.8. The van der Waals surface area contributed by atoms with Gasteiger partial charge in [-0.15, -0.1) is 21.5 Å². The maximum atomic E-state index is 13.1. The summed E-state index contributed by atoms with van der Waals surface area (Å²) in [6.07, 6.45) is 0.414. The monoisotopic (exact) mass is 335 g/mol. The molecular formula is C11H11ClFN3O2S2. The molecule has 0 saturated heterocycles. The molecule has 20 heavy (non-hydrogen) atoms. The minimum absolute atomic E-state index is 0.0225. The molecule has 0 aliphatic carbocycles. The molecule has 0 bridgehead atoms. The molecule has 0 fully saturated rings. The van der Waals surface area contributed by atoms with Crippen LogP contribution in [0.2, 0.25) is 5.02 Å². The lowest BCUT2D eigenvalue weighted by molar-refractivity contribution is 0.577. The summed E-state index contributed by atoms with van der Waals surface area (Å²) in [4.78, 5) is -0.271. The molecule has 0 saturated carbocycles. The predicted octanol–water partition coefficient (Wildman–Crippen LogP) is 2.16. The van der Waals surface area contributed by atoms with E-state index in [9.17, 15) is 12.8 Å². The van der Waals surface area contributed by atoms with E-state index in [-0.39, 0.29) is 16.5 Å². The normalized spacial score (nSPS) is 11.8. The van der Waals surface area contributed by atoms with Gasteiger partial charge in [0.05, 0.1) is 5.02 Å². The Bertz CT molecular complexity index is 718. The molecule has 0 spiro atoms. The molecule has 0 unspecified atom stereocenters. The van der Waals surface area contributed by atoms with Crippen molar-refractivity contribution in [2.24, 2.45) is 0 Å². The summed E-state index contributed by atoms with van der Waals surface area (Å²) in [5.41, 5.74) is 0.